The van der Waals surface area contributed by atoms with Crippen molar-refractivity contribution >= 4 is 34.6 Å². The number of para-hydroxylation sites is 1. The number of amides is 3. The van der Waals surface area contributed by atoms with Gasteiger partial charge in [-0.25, -0.2) is 4.79 Å². The average molecular weight is 630 g/mol. The molecule has 0 aliphatic carbocycles. The molecule has 0 aliphatic heterocycles. The van der Waals surface area contributed by atoms with Gasteiger partial charge in [0.15, 0.2) is 0 Å². The summed E-state index contributed by atoms with van der Waals surface area (Å²) in [5.41, 5.74) is 9.11. The molecule has 3 aromatic carbocycles. The van der Waals surface area contributed by atoms with Gasteiger partial charge in [0.05, 0.1) is 6.04 Å². The number of carbonyl (C=O) groups excluding carboxylic acids is 3. The Hall–Kier alpha value is -5.36. The van der Waals surface area contributed by atoms with Crippen molar-refractivity contribution in [3.05, 3.63) is 95.7 Å². The number of nitrogens with one attached hydrogen (secondary N) is 4. The van der Waals surface area contributed by atoms with Gasteiger partial charge >= 0.3 is 5.97 Å². The fourth-order valence-electron chi connectivity index (χ4n) is 5.11. The van der Waals surface area contributed by atoms with E-state index in [2.05, 4.69) is 20.9 Å². The summed E-state index contributed by atoms with van der Waals surface area (Å²) < 4.78 is 0. The molecule has 4 atom stereocenters. The highest BCUT2D eigenvalue weighted by Gasteiger charge is 2.32. The van der Waals surface area contributed by atoms with E-state index in [1.54, 1.807) is 44.3 Å². The first-order chi connectivity index (χ1) is 21.9. The fraction of sp³-hybridized carbons (Fsp3) is 0.294. The first kappa shape index (κ1) is 33.5. The Morgan fingerprint density at radius 3 is 1.87 bits per heavy atom. The molecule has 0 saturated carbocycles. The maximum Gasteiger partial charge on any atom is 0.326 e. The van der Waals surface area contributed by atoms with Gasteiger partial charge in [-0.05, 0) is 59.4 Å². The molecule has 3 amide bonds. The normalized spacial score (nSPS) is 13.8. The van der Waals surface area contributed by atoms with Crippen LogP contribution in [0.25, 0.3) is 10.9 Å². The fourth-order valence-corrected chi connectivity index (χ4v) is 5.11. The van der Waals surface area contributed by atoms with Crippen molar-refractivity contribution in [3.8, 4) is 11.5 Å². The van der Waals surface area contributed by atoms with Crippen molar-refractivity contribution in [1.29, 1.82) is 0 Å². The van der Waals surface area contributed by atoms with Gasteiger partial charge in [0.25, 0.3) is 0 Å². The number of carboxylic acids is 1. The lowest BCUT2D eigenvalue weighted by atomic mass is 9.99. The lowest BCUT2D eigenvalue weighted by Gasteiger charge is -2.27. The highest BCUT2D eigenvalue weighted by atomic mass is 16.4. The number of rotatable bonds is 14. The molecule has 12 heteroatoms. The van der Waals surface area contributed by atoms with Crippen LogP contribution in [0.3, 0.4) is 0 Å². The first-order valence-corrected chi connectivity index (χ1v) is 14.9. The third kappa shape index (κ3) is 8.85. The molecule has 0 spiro atoms. The van der Waals surface area contributed by atoms with Gasteiger partial charge < -0.3 is 42.0 Å². The van der Waals surface area contributed by atoms with Crippen LogP contribution in [0.4, 0.5) is 0 Å². The average Bonchev–Trinajstić information content (AvgIpc) is 3.43. The molecule has 4 rings (SSSR count). The Morgan fingerprint density at radius 1 is 0.717 bits per heavy atom. The molecule has 1 heterocycles. The number of H-pyrrole nitrogens is 1. The van der Waals surface area contributed by atoms with Crippen LogP contribution in [0, 0.1) is 5.92 Å². The second kappa shape index (κ2) is 15.1. The summed E-state index contributed by atoms with van der Waals surface area (Å²) in [5, 5.41) is 37.7. The summed E-state index contributed by atoms with van der Waals surface area (Å²) in [4.78, 5) is 55.6. The number of aromatic amines is 1. The van der Waals surface area contributed by atoms with Crippen LogP contribution in [0.1, 0.15) is 30.5 Å². The van der Waals surface area contributed by atoms with Crippen molar-refractivity contribution in [1.82, 2.24) is 20.9 Å². The molecule has 242 valence electrons. The summed E-state index contributed by atoms with van der Waals surface area (Å²) in [6, 6.07) is 15.2. The predicted octanol–water partition coefficient (Wildman–Crippen LogP) is 2.13. The van der Waals surface area contributed by atoms with Crippen molar-refractivity contribution in [2.75, 3.05) is 0 Å². The number of hydrogen-bond acceptors (Lipinski definition) is 7. The largest absolute Gasteiger partial charge is 0.508 e. The Balaban J connectivity index is 1.52. The Labute approximate surface area is 266 Å². The van der Waals surface area contributed by atoms with Crippen molar-refractivity contribution in [2.24, 2.45) is 11.7 Å². The number of aromatic nitrogens is 1. The highest BCUT2D eigenvalue weighted by molar-refractivity contribution is 5.95. The minimum atomic E-state index is -1.30. The maximum absolute atomic E-state index is 13.8. The Kier molecular flexibility index (Phi) is 11.0. The number of benzene rings is 3. The van der Waals surface area contributed by atoms with E-state index in [0.717, 1.165) is 22.0 Å². The standard InChI is InChI=1S/C34H39N5O7/c1-19(2)30(33(44)38-29(34(45)46)16-21-9-13-24(41)14-10-21)39-32(43)28(17-22-18-36-27-6-4-3-5-25(22)27)37-31(42)26(35)15-20-7-11-23(40)12-8-20/h3-14,18-19,26,28-30,36,40-41H,15-17,35H2,1-2H3,(H,37,42)(H,38,44)(H,39,43)(H,45,46). The topological polar surface area (TPSA) is 207 Å². The monoisotopic (exact) mass is 629 g/mol. The van der Waals surface area contributed by atoms with Gasteiger partial charge in [0, 0.05) is 29.9 Å². The van der Waals surface area contributed by atoms with E-state index in [4.69, 9.17) is 5.73 Å². The summed E-state index contributed by atoms with van der Waals surface area (Å²) in [6.45, 7) is 3.42. The van der Waals surface area contributed by atoms with Crippen LogP contribution in [0.2, 0.25) is 0 Å². The maximum atomic E-state index is 13.8. The molecular weight excluding hydrogens is 590 g/mol. The lowest BCUT2D eigenvalue weighted by Crippen LogP contribution is -2.59. The van der Waals surface area contributed by atoms with Crippen molar-refractivity contribution in [2.45, 2.75) is 57.3 Å². The lowest BCUT2D eigenvalue weighted by molar-refractivity contribution is -0.142. The van der Waals surface area contributed by atoms with Gasteiger partial charge in [-0.1, -0.05) is 56.3 Å². The Morgan fingerprint density at radius 2 is 1.28 bits per heavy atom. The number of carboxylic acid groups (broad SMARTS) is 1. The number of hydrogen-bond donors (Lipinski definition) is 8. The zero-order chi connectivity index (χ0) is 33.4. The van der Waals surface area contributed by atoms with Crippen LogP contribution >= 0.6 is 0 Å². The molecule has 46 heavy (non-hydrogen) atoms. The van der Waals surface area contributed by atoms with Gasteiger partial charge in [-0.15, -0.1) is 0 Å². The summed E-state index contributed by atoms with van der Waals surface area (Å²) in [5.74, 6) is -3.52. The number of fused-ring (bicyclic) bond motifs is 1. The molecule has 4 aromatic rings. The number of aromatic hydroxyl groups is 2. The van der Waals surface area contributed by atoms with E-state index in [9.17, 15) is 34.5 Å². The van der Waals surface area contributed by atoms with Crippen LogP contribution in [0.5, 0.6) is 11.5 Å². The number of aliphatic carboxylic acids is 1. The minimum absolute atomic E-state index is 0.0258. The predicted molar refractivity (Wildman–Crippen MR) is 172 cm³/mol. The molecule has 0 radical (unpaired) electrons. The number of carbonyl (C=O) groups is 4. The molecule has 12 nitrogen and oxygen atoms in total. The van der Waals surface area contributed by atoms with Crippen molar-refractivity contribution in [3.63, 3.8) is 0 Å². The number of phenolic OH excluding ortho intramolecular Hbond substituents is 2. The smallest absolute Gasteiger partial charge is 0.326 e. The minimum Gasteiger partial charge on any atom is -0.508 e. The SMILES string of the molecule is CC(C)C(NC(=O)C(Cc1c[nH]c2ccccc12)NC(=O)C(N)Cc1ccc(O)cc1)C(=O)NC(Cc1ccc(O)cc1)C(=O)O. The highest BCUT2D eigenvalue weighted by Crippen LogP contribution is 2.20. The molecule has 0 aliphatic rings. The van der Waals surface area contributed by atoms with E-state index in [1.807, 2.05) is 24.3 Å². The molecule has 0 bridgehead atoms. The van der Waals surface area contributed by atoms with Gasteiger partial charge in [-0.2, -0.15) is 0 Å². The molecule has 9 N–H and O–H groups in total. The van der Waals surface area contributed by atoms with E-state index in [-0.39, 0.29) is 30.8 Å². The third-order valence-electron chi connectivity index (χ3n) is 7.70. The molecule has 1 aromatic heterocycles. The zero-order valence-corrected chi connectivity index (χ0v) is 25.6. The quantitative estimate of drug-likeness (QED) is 0.103. The van der Waals surface area contributed by atoms with E-state index in [0.29, 0.717) is 5.56 Å². The van der Waals surface area contributed by atoms with Gasteiger partial charge in [0.2, 0.25) is 17.7 Å². The second-order valence-electron chi connectivity index (χ2n) is 11.6. The van der Waals surface area contributed by atoms with E-state index < -0.39 is 53.8 Å². The molecule has 0 saturated heterocycles. The van der Waals surface area contributed by atoms with Crippen LogP contribution in [-0.2, 0) is 38.4 Å². The second-order valence-corrected chi connectivity index (χ2v) is 11.6. The number of nitrogens with two attached hydrogens (primary N) is 1. The molecule has 0 fully saturated rings. The Bertz CT molecular complexity index is 1670. The van der Waals surface area contributed by atoms with E-state index >= 15 is 0 Å². The summed E-state index contributed by atoms with van der Waals surface area (Å²) in [7, 11) is 0. The summed E-state index contributed by atoms with van der Waals surface area (Å²) >= 11 is 0. The van der Waals surface area contributed by atoms with Crippen molar-refractivity contribution < 1.29 is 34.5 Å². The molecular formula is C34H39N5O7. The first-order valence-electron chi connectivity index (χ1n) is 14.9. The zero-order valence-electron chi connectivity index (χ0n) is 25.6. The summed E-state index contributed by atoms with van der Waals surface area (Å²) in [6.07, 6.45) is 1.94. The third-order valence-corrected chi connectivity index (χ3v) is 7.70. The van der Waals surface area contributed by atoms with Gasteiger partial charge in [0.1, 0.15) is 29.6 Å². The number of phenols is 2. The van der Waals surface area contributed by atoms with E-state index in [1.165, 1.54) is 24.3 Å². The molecule has 4 unspecified atom stereocenters. The van der Waals surface area contributed by atoms with Crippen LogP contribution in [-0.4, -0.2) is 68.2 Å². The van der Waals surface area contributed by atoms with Crippen LogP contribution < -0.4 is 21.7 Å². The van der Waals surface area contributed by atoms with Crippen LogP contribution in [0.15, 0.2) is 79.0 Å². The van der Waals surface area contributed by atoms with Gasteiger partial charge in [-0.3, -0.25) is 14.4 Å².